The number of carbonyl (C=O) groups excluding carboxylic acids is 1. The monoisotopic (exact) mass is 391 g/mol. The van der Waals surface area contributed by atoms with Gasteiger partial charge in [-0.3, -0.25) is 4.57 Å². The predicted molar refractivity (Wildman–Crippen MR) is 105 cm³/mol. The number of aliphatic hydroxyl groups is 1. The van der Waals surface area contributed by atoms with Gasteiger partial charge in [-0.15, -0.1) is 0 Å². The molecule has 27 heavy (non-hydrogen) atoms. The molecule has 0 aliphatic rings. The predicted octanol–water partition coefficient (Wildman–Crippen LogP) is 3.24. The minimum Gasteiger partial charge on any atom is -0.445 e. The van der Waals surface area contributed by atoms with Gasteiger partial charge >= 0.3 is 6.09 Å². The molecule has 0 radical (unpaired) electrons. The van der Waals surface area contributed by atoms with Gasteiger partial charge in [0.15, 0.2) is 5.85 Å². The summed E-state index contributed by atoms with van der Waals surface area (Å²) in [5.74, 6) is -1.54. The number of alkyl carbamates (subject to hydrolysis) is 1. The van der Waals surface area contributed by atoms with E-state index in [0.717, 1.165) is 5.56 Å². The van der Waals surface area contributed by atoms with Crippen LogP contribution < -0.4 is 10.6 Å². The molecule has 146 valence electrons. The fourth-order valence-electron chi connectivity index (χ4n) is 2.72. The lowest BCUT2D eigenvalue weighted by Gasteiger charge is -2.28. The Labute approximate surface area is 159 Å². The van der Waals surface area contributed by atoms with Gasteiger partial charge in [-0.1, -0.05) is 62.4 Å². The molecule has 0 saturated carbocycles. The number of carbonyl (C=O) groups is 1. The molecule has 6 nitrogen and oxygen atoms in total. The quantitative estimate of drug-likeness (QED) is 0.601. The van der Waals surface area contributed by atoms with Crippen LogP contribution in [0.5, 0.6) is 0 Å². The highest BCUT2D eigenvalue weighted by atomic mass is 31.2. The Morgan fingerprint density at radius 2 is 1.63 bits per heavy atom. The average Bonchev–Trinajstić information content (AvgIpc) is 2.66. The molecular weight excluding hydrogens is 365 g/mol. The largest absolute Gasteiger partial charge is 0.445 e. The Morgan fingerprint density at radius 3 is 2.19 bits per heavy atom. The molecule has 2 rings (SSSR count). The smallest absolute Gasteiger partial charge is 0.407 e. The van der Waals surface area contributed by atoms with E-state index < -0.39 is 25.3 Å². The molecule has 0 fully saturated rings. The third-order valence-electron chi connectivity index (χ3n) is 4.09. The number of amides is 1. The van der Waals surface area contributed by atoms with Crippen molar-refractivity contribution in [1.82, 2.24) is 5.32 Å². The van der Waals surface area contributed by atoms with Crippen LogP contribution in [0.25, 0.3) is 0 Å². The van der Waals surface area contributed by atoms with Crippen LogP contribution in [-0.2, 0) is 15.9 Å². The molecule has 0 aromatic heterocycles. The number of aliphatic hydroxyl groups excluding tert-OH is 1. The van der Waals surface area contributed by atoms with E-state index in [1.807, 2.05) is 44.2 Å². The summed E-state index contributed by atoms with van der Waals surface area (Å²) in [6.45, 7) is 3.88. The maximum Gasteiger partial charge on any atom is 0.407 e. The van der Waals surface area contributed by atoms with Crippen molar-refractivity contribution in [1.29, 1.82) is 0 Å². The van der Waals surface area contributed by atoms with Crippen molar-refractivity contribution < 1.29 is 24.1 Å². The third kappa shape index (κ3) is 6.21. The van der Waals surface area contributed by atoms with Crippen LogP contribution in [0.2, 0.25) is 0 Å². The normalized spacial score (nSPS) is 15.6. The molecule has 1 amide bonds. The highest BCUT2D eigenvalue weighted by Gasteiger charge is 2.38. The zero-order valence-corrected chi connectivity index (χ0v) is 16.4. The number of hydrogen-bond acceptors (Lipinski definition) is 4. The van der Waals surface area contributed by atoms with Crippen molar-refractivity contribution in [3.63, 3.8) is 0 Å². The van der Waals surface area contributed by atoms with Gasteiger partial charge in [-0.2, -0.15) is 0 Å². The zero-order chi connectivity index (χ0) is 19.9. The maximum absolute atomic E-state index is 12.8. The second kappa shape index (κ2) is 9.70. The van der Waals surface area contributed by atoms with Crippen LogP contribution in [0.4, 0.5) is 4.79 Å². The molecule has 0 saturated heterocycles. The van der Waals surface area contributed by atoms with Gasteiger partial charge in [0.2, 0.25) is 0 Å². The van der Waals surface area contributed by atoms with Crippen LogP contribution >= 0.6 is 7.37 Å². The Kier molecular flexibility index (Phi) is 7.60. The highest BCUT2D eigenvalue weighted by Crippen LogP contribution is 2.46. The Bertz CT molecular complexity index is 766. The van der Waals surface area contributed by atoms with Gasteiger partial charge in [0, 0.05) is 5.30 Å². The van der Waals surface area contributed by atoms with Gasteiger partial charge in [0.1, 0.15) is 6.61 Å². The lowest BCUT2D eigenvalue weighted by molar-refractivity contribution is 0.118. The molecule has 2 aromatic rings. The van der Waals surface area contributed by atoms with E-state index in [1.54, 1.807) is 18.2 Å². The van der Waals surface area contributed by atoms with E-state index in [0.29, 0.717) is 6.42 Å². The lowest BCUT2D eigenvalue weighted by Crippen LogP contribution is -2.45. The Balaban J connectivity index is 2.07. The molecule has 0 bridgehead atoms. The number of benzene rings is 2. The molecule has 3 N–H and O–H groups in total. The lowest BCUT2D eigenvalue weighted by atomic mass is 10.0. The zero-order valence-electron chi connectivity index (χ0n) is 15.5. The van der Waals surface area contributed by atoms with Crippen LogP contribution in [0.15, 0.2) is 60.7 Å². The topological polar surface area (TPSA) is 95.9 Å². The van der Waals surface area contributed by atoms with Crippen molar-refractivity contribution in [2.75, 3.05) is 0 Å². The molecule has 2 unspecified atom stereocenters. The molecule has 0 aliphatic heterocycles. The summed E-state index contributed by atoms with van der Waals surface area (Å²) in [6, 6.07) is 16.2. The standard InChI is InChI=1S/C20H26NO5P/c1-15(2)13-18(19(22)27(24,25)17-11-7-4-8-12-17)21-20(23)26-14-16-9-5-3-6-10-16/h3-12,15,18-19,22H,13-14H2,1-2H3,(H,21,23)(H,24,25)/t18-,19?/m0/s1. The fraction of sp³-hybridized carbons (Fsp3) is 0.350. The van der Waals surface area contributed by atoms with E-state index in [4.69, 9.17) is 4.74 Å². The van der Waals surface area contributed by atoms with Crippen molar-refractivity contribution in [2.45, 2.75) is 38.8 Å². The molecule has 0 heterocycles. The van der Waals surface area contributed by atoms with Crippen LogP contribution in [0.1, 0.15) is 25.8 Å². The first-order chi connectivity index (χ1) is 12.8. The van der Waals surface area contributed by atoms with Gasteiger partial charge < -0.3 is 20.1 Å². The number of rotatable bonds is 8. The average molecular weight is 391 g/mol. The summed E-state index contributed by atoms with van der Waals surface area (Å²) >= 11 is 0. The Morgan fingerprint density at radius 1 is 1.07 bits per heavy atom. The van der Waals surface area contributed by atoms with Gasteiger partial charge in [0.25, 0.3) is 7.37 Å². The van der Waals surface area contributed by atoms with E-state index in [1.165, 1.54) is 12.1 Å². The van der Waals surface area contributed by atoms with Gasteiger partial charge in [0.05, 0.1) is 6.04 Å². The summed E-state index contributed by atoms with van der Waals surface area (Å²) in [4.78, 5) is 22.6. The SMILES string of the molecule is CC(C)C[C@H](NC(=O)OCc1ccccc1)C(O)P(=O)(O)c1ccccc1. The number of hydrogen-bond donors (Lipinski definition) is 3. The molecular formula is C20H26NO5P. The minimum atomic E-state index is -4.10. The first kappa shape index (κ1) is 21.2. The van der Waals surface area contributed by atoms with Crippen LogP contribution in [0, 0.1) is 5.92 Å². The summed E-state index contributed by atoms with van der Waals surface area (Å²) in [6.07, 6.45) is -0.407. The first-order valence-corrected chi connectivity index (χ1v) is 10.6. The summed E-state index contributed by atoms with van der Waals surface area (Å²) < 4.78 is 18.0. The van der Waals surface area contributed by atoms with Gasteiger partial charge in [-0.25, -0.2) is 4.79 Å². The fourth-order valence-corrected chi connectivity index (χ4v) is 4.31. The highest BCUT2D eigenvalue weighted by molar-refractivity contribution is 7.66. The summed E-state index contributed by atoms with van der Waals surface area (Å²) in [5, 5.41) is 13.3. The van der Waals surface area contributed by atoms with Crippen molar-refractivity contribution in [3.8, 4) is 0 Å². The van der Waals surface area contributed by atoms with E-state index in [2.05, 4.69) is 5.32 Å². The van der Waals surface area contributed by atoms with Crippen molar-refractivity contribution in [3.05, 3.63) is 66.2 Å². The molecule has 3 atom stereocenters. The number of ether oxygens (including phenoxy) is 1. The van der Waals surface area contributed by atoms with Crippen molar-refractivity contribution >= 4 is 18.8 Å². The maximum atomic E-state index is 12.8. The second-order valence-electron chi connectivity index (χ2n) is 6.81. The minimum absolute atomic E-state index is 0.0760. The van der Waals surface area contributed by atoms with Crippen LogP contribution in [-0.4, -0.2) is 28.0 Å². The van der Waals surface area contributed by atoms with E-state index >= 15 is 0 Å². The Hall–Kier alpha value is -2.14. The second-order valence-corrected chi connectivity index (χ2v) is 9.11. The summed E-state index contributed by atoms with van der Waals surface area (Å²) in [5.41, 5.74) is 0.825. The molecule has 0 spiro atoms. The molecule has 0 aliphatic carbocycles. The van der Waals surface area contributed by atoms with E-state index in [-0.39, 0.29) is 17.8 Å². The van der Waals surface area contributed by atoms with Crippen LogP contribution in [0.3, 0.4) is 0 Å². The molecule has 2 aromatic carbocycles. The first-order valence-electron chi connectivity index (χ1n) is 8.84. The number of nitrogens with one attached hydrogen (secondary N) is 1. The van der Waals surface area contributed by atoms with E-state index in [9.17, 15) is 19.4 Å². The van der Waals surface area contributed by atoms with Gasteiger partial charge in [-0.05, 0) is 30.0 Å². The third-order valence-corrected chi connectivity index (χ3v) is 6.20. The van der Waals surface area contributed by atoms with Crippen molar-refractivity contribution in [2.24, 2.45) is 5.92 Å². The summed E-state index contributed by atoms with van der Waals surface area (Å²) in [7, 11) is -4.10. The molecule has 7 heteroatoms.